The van der Waals surface area contributed by atoms with Crippen molar-refractivity contribution in [3.8, 4) is 11.1 Å². The molecular weight excluding hydrogens is 340 g/mol. The number of carbonyl (C=O) groups is 1. The van der Waals surface area contributed by atoms with Gasteiger partial charge in [0, 0.05) is 54.9 Å². The fourth-order valence-corrected chi connectivity index (χ4v) is 3.65. The molecule has 4 heterocycles. The maximum atomic E-state index is 12.8. The van der Waals surface area contributed by atoms with Gasteiger partial charge in [-0.1, -0.05) is 0 Å². The molecule has 7 heteroatoms. The molecule has 0 spiro atoms. The summed E-state index contributed by atoms with van der Waals surface area (Å²) in [4.78, 5) is 18.8. The quantitative estimate of drug-likeness (QED) is 0.770. The van der Waals surface area contributed by atoms with Crippen molar-refractivity contribution in [3.05, 3.63) is 54.4 Å². The molecule has 140 valence electrons. The fraction of sp³-hybridized carbons (Fsp3) is 0.400. The first-order valence-corrected chi connectivity index (χ1v) is 9.40. The second kappa shape index (κ2) is 7.34. The van der Waals surface area contributed by atoms with E-state index < -0.39 is 0 Å². The molecule has 1 amide bonds. The van der Waals surface area contributed by atoms with Crippen LogP contribution in [0.3, 0.4) is 0 Å². The number of nitrogens with one attached hydrogen (secondary N) is 1. The standard InChI is InChI=1S/C20H24N6O/c1-14(2)26-13-17(11-23-26)20(27)25-9-5-16(6-10-25)19-18(12-22-24-19)15-3-7-21-8-4-15/h3-4,7-8,11-14,16H,5-6,9-10H2,1-2H3,(H,22,24). The third kappa shape index (κ3) is 3.49. The summed E-state index contributed by atoms with van der Waals surface area (Å²) in [6.07, 6.45) is 10.8. The molecule has 0 aliphatic carbocycles. The van der Waals surface area contributed by atoms with Gasteiger partial charge in [-0.15, -0.1) is 0 Å². The van der Waals surface area contributed by atoms with Crippen molar-refractivity contribution in [1.29, 1.82) is 0 Å². The number of piperidine rings is 1. The van der Waals surface area contributed by atoms with Gasteiger partial charge in [-0.2, -0.15) is 10.2 Å². The van der Waals surface area contributed by atoms with Gasteiger partial charge in [-0.3, -0.25) is 19.6 Å². The zero-order valence-corrected chi connectivity index (χ0v) is 15.7. The molecule has 0 aromatic carbocycles. The molecule has 0 unspecified atom stereocenters. The van der Waals surface area contributed by atoms with Crippen LogP contribution in [0.1, 0.15) is 54.7 Å². The molecule has 3 aromatic rings. The average Bonchev–Trinajstić information content (AvgIpc) is 3.38. The summed E-state index contributed by atoms with van der Waals surface area (Å²) in [5.41, 5.74) is 4.07. The third-order valence-electron chi connectivity index (χ3n) is 5.23. The maximum absolute atomic E-state index is 12.8. The van der Waals surface area contributed by atoms with E-state index in [1.165, 1.54) is 0 Å². The molecule has 7 nitrogen and oxygen atoms in total. The second-order valence-corrected chi connectivity index (χ2v) is 7.30. The first-order valence-electron chi connectivity index (χ1n) is 9.40. The Labute approximate surface area is 158 Å². The van der Waals surface area contributed by atoms with E-state index in [0.29, 0.717) is 11.5 Å². The van der Waals surface area contributed by atoms with Gasteiger partial charge in [0.05, 0.1) is 18.0 Å². The summed E-state index contributed by atoms with van der Waals surface area (Å²) in [5.74, 6) is 0.442. The van der Waals surface area contributed by atoms with Crippen molar-refractivity contribution in [1.82, 2.24) is 29.9 Å². The van der Waals surface area contributed by atoms with Crippen molar-refractivity contribution in [2.24, 2.45) is 0 Å². The van der Waals surface area contributed by atoms with E-state index in [2.05, 4.69) is 34.1 Å². The van der Waals surface area contributed by atoms with Crippen molar-refractivity contribution >= 4 is 5.91 Å². The van der Waals surface area contributed by atoms with Crippen LogP contribution in [-0.2, 0) is 0 Å². The predicted molar refractivity (Wildman–Crippen MR) is 102 cm³/mol. The molecule has 1 saturated heterocycles. The minimum atomic E-state index is 0.0688. The van der Waals surface area contributed by atoms with Gasteiger partial charge in [0.1, 0.15) is 0 Å². The van der Waals surface area contributed by atoms with Crippen LogP contribution < -0.4 is 0 Å². The van der Waals surface area contributed by atoms with Crippen molar-refractivity contribution in [2.45, 2.75) is 38.6 Å². The Kier molecular flexibility index (Phi) is 4.75. The Hall–Kier alpha value is -2.96. The SMILES string of the molecule is CC(C)n1cc(C(=O)N2CCC(c3[nH]ncc3-c3ccncc3)CC2)cn1. The van der Waals surface area contributed by atoms with Gasteiger partial charge in [-0.05, 0) is 44.4 Å². The van der Waals surface area contributed by atoms with E-state index in [0.717, 1.165) is 42.8 Å². The van der Waals surface area contributed by atoms with Gasteiger partial charge >= 0.3 is 0 Å². The van der Waals surface area contributed by atoms with Crippen LogP contribution in [0.2, 0.25) is 0 Å². The normalized spacial score (nSPS) is 15.4. The Bertz CT molecular complexity index is 905. The number of carbonyl (C=O) groups excluding carboxylic acids is 1. The molecule has 0 bridgehead atoms. The molecule has 4 rings (SSSR count). The van der Waals surface area contributed by atoms with Crippen molar-refractivity contribution < 1.29 is 4.79 Å². The molecule has 0 radical (unpaired) electrons. The van der Waals surface area contributed by atoms with E-state index in [-0.39, 0.29) is 11.9 Å². The van der Waals surface area contributed by atoms with Gasteiger partial charge in [-0.25, -0.2) is 0 Å². The van der Waals surface area contributed by atoms with Crippen LogP contribution >= 0.6 is 0 Å². The molecule has 1 N–H and O–H groups in total. The van der Waals surface area contributed by atoms with E-state index in [1.807, 2.05) is 34.1 Å². The summed E-state index contributed by atoms with van der Waals surface area (Å²) in [6.45, 7) is 5.59. The Morgan fingerprint density at radius 1 is 1.19 bits per heavy atom. The molecule has 1 fully saturated rings. The molecule has 27 heavy (non-hydrogen) atoms. The van der Waals surface area contributed by atoms with Crippen LogP contribution in [0.4, 0.5) is 0 Å². The van der Waals surface area contributed by atoms with E-state index in [9.17, 15) is 4.79 Å². The summed E-state index contributed by atoms with van der Waals surface area (Å²) in [5, 5.41) is 11.7. The monoisotopic (exact) mass is 364 g/mol. The molecule has 1 aliphatic rings. The zero-order valence-electron chi connectivity index (χ0n) is 15.7. The number of rotatable bonds is 4. The van der Waals surface area contributed by atoms with Crippen molar-refractivity contribution in [2.75, 3.05) is 13.1 Å². The van der Waals surface area contributed by atoms with Crippen LogP contribution in [0, 0.1) is 0 Å². The van der Waals surface area contributed by atoms with E-state index in [1.54, 1.807) is 18.6 Å². The van der Waals surface area contributed by atoms with E-state index >= 15 is 0 Å². The highest BCUT2D eigenvalue weighted by Crippen LogP contribution is 2.33. The third-order valence-corrected chi connectivity index (χ3v) is 5.23. The Morgan fingerprint density at radius 3 is 2.59 bits per heavy atom. The summed E-state index contributed by atoms with van der Waals surface area (Å²) in [7, 11) is 0. The number of nitrogens with zero attached hydrogens (tertiary/aromatic N) is 5. The molecular formula is C20H24N6O. The smallest absolute Gasteiger partial charge is 0.257 e. The molecule has 0 saturated carbocycles. The van der Waals surface area contributed by atoms with Gasteiger partial charge in [0.2, 0.25) is 0 Å². The zero-order chi connectivity index (χ0) is 18.8. The fourth-order valence-electron chi connectivity index (χ4n) is 3.65. The van der Waals surface area contributed by atoms with E-state index in [4.69, 9.17) is 0 Å². The number of amides is 1. The first-order chi connectivity index (χ1) is 13.1. The number of hydrogen-bond acceptors (Lipinski definition) is 4. The minimum Gasteiger partial charge on any atom is -0.339 e. The molecule has 1 aliphatic heterocycles. The minimum absolute atomic E-state index is 0.0688. The second-order valence-electron chi connectivity index (χ2n) is 7.30. The lowest BCUT2D eigenvalue weighted by Gasteiger charge is -2.31. The van der Waals surface area contributed by atoms with Crippen LogP contribution in [-0.4, -0.2) is 48.9 Å². The van der Waals surface area contributed by atoms with Crippen LogP contribution in [0.25, 0.3) is 11.1 Å². The number of aromatic nitrogens is 5. The van der Waals surface area contributed by atoms with Crippen molar-refractivity contribution in [3.63, 3.8) is 0 Å². The molecule has 0 atom stereocenters. The van der Waals surface area contributed by atoms with Crippen LogP contribution in [0.15, 0.2) is 43.1 Å². The summed E-state index contributed by atoms with van der Waals surface area (Å²) in [6, 6.07) is 4.25. The van der Waals surface area contributed by atoms with Crippen LogP contribution in [0.5, 0.6) is 0 Å². The highest BCUT2D eigenvalue weighted by atomic mass is 16.2. The average molecular weight is 364 g/mol. The lowest BCUT2D eigenvalue weighted by molar-refractivity contribution is 0.0712. The summed E-state index contributed by atoms with van der Waals surface area (Å²) >= 11 is 0. The maximum Gasteiger partial charge on any atom is 0.257 e. The lowest BCUT2D eigenvalue weighted by Crippen LogP contribution is -2.38. The predicted octanol–water partition coefficient (Wildman–Crippen LogP) is 3.27. The molecule has 3 aromatic heterocycles. The Balaban J connectivity index is 1.44. The summed E-state index contributed by atoms with van der Waals surface area (Å²) < 4.78 is 1.82. The largest absolute Gasteiger partial charge is 0.339 e. The van der Waals surface area contributed by atoms with Gasteiger partial charge in [0.25, 0.3) is 5.91 Å². The number of aromatic amines is 1. The lowest BCUT2D eigenvalue weighted by atomic mass is 9.89. The van der Waals surface area contributed by atoms with Gasteiger partial charge < -0.3 is 4.90 Å². The number of hydrogen-bond donors (Lipinski definition) is 1. The number of likely N-dealkylation sites (tertiary alicyclic amines) is 1. The highest BCUT2D eigenvalue weighted by Gasteiger charge is 2.27. The number of H-pyrrole nitrogens is 1. The van der Waals surface area contributed by atoms with Gasteiger partial charge in [0.15, 0.2) is 0 Å². The highest BCUT2D eigenvalue weighted by molar-refractivity contribution is 5.93. The topological polar surface area (TPSA) is 79.7 Å². The first kappa shape index (κ1) is 17.5. The Morgan fingerprint density at radius 2 is 1.93 bits per heavy atom. The number of pyridine rings is 1.